The zero-order chi connectivity index (χ0) is 24.6. The summed E-state index contributed by atoms with van der Waals surface area (Å²) >= 11 is 0. The van der Waals surface area contributed by atoms with Gasteiger partial charge in [-0.05, 0) is 56.2 Å². The van der Waals surface area contributed by atoms with Gasteiger partial charge >= 0.3 is 0 Å². The molecule has 6 rings (SSSR count). The van der Waals surface area contributed by atoms with Crippen LogP contribution in [0, 0.1) is 13.8 Å². The maximum absolute atomic E-state index is 4.87. The van der Waals surface area contributed by atoms with Gasteiger partial charge in [0.15, 0.2) is 5.65 Å². The van der Waals surface area contributed by atoms with Crippen molar-refractivity contribution in [2.24, 2.45) is 0 Å². The molecule has 1 unspecified atom stereocenters. The Balaban J connectivity index is 1.44. The van der Waals surface area contributed by atoms with E-state index in [1.165, 1.54) is 22.4 Å². The van der Waals surface area contributed by atoms with Gasteiger partial charge in [0.05, 0.1) is 5.39 Å². The number of benzene rings is 3. The molecule has 0 spiro atoms. The summed E-state index contributed by atoms with van der Waals surface area (Å²) in [6.07, 6.45) is 3.94. The number of aryl methyl sites for hydroxylation is 2. The molecule has 5 aromatic rings. The maximum atomic E-state index is 4.87. The van der Waals surface area contributed by atoms with Crippen LogP contribution in [0.1, 0.15) is 18.1 Å². The van der Waals surface area contributed by atoms with Crippen LogP contribution in [0.25, 0.3) is 27.8 Å². The molecule has 0 saturated carbocycles. The van der Waals surface area contributed by atoms with Crippen molar-refractivity contribution < 1.29 is 0 Å². The zero-order valence-corrected chi connectivity index (χ0v) is 21.1. The Kier molecular flexibility index (Phi) is 5.68. The Morgan fingerprint density at radius 1 is 0.778 bits per heavy atom. The van der Waals surface area contributed by atoms with Gasteiger partial charge in [-0.2, -0.15) is 0 Å². The molecule has 180 valence electrons. The van der Waals surface area contributed by atoms with E-state index >= 15 is 0 Å². The molecule has 5 nitrogen and oxygen atoms in total. The largest absolute Gasteiger partial charge is 0.365 e. The van der Waals surface area contributed by atoms with E-state index in [2.05, 4.69) is 120 Å². The van der Waals surface area contributed by atoms with Crippen LogP contribution in [-0.4, -0.2) is 40.2 Å². The van der Waals surface area contributed by atoms with Gasteiger partial charge in [-0.1, -0.05) is 60.2 Å². The molecule has 1 atom stereocenters. The normalized spacial score (nSPS) is 16.0. The van der Waals surface area contributed by atoms with Crippen LogP contribution in [-0.2, 0) is 0 Å². The molecule has 2 aromatic heterocycles. The van der Waals surface area contributed by atoms with Gasteiger partial charge in [-0.15, -0.1) is 0 Å². The second-order valence-electron chi connectivity index (χ2n) is 9.84. The molecular formula is C31H31N5. The minimum Gasteiger partial charge on any atom is -0.365 e. The molecule has 3 heterocycles. The van der Waals surface area contributed by atoms with E-state index in [4.69, 9.17) is 9.97 Å². The van der Waals surface area contributed by atoms with Gasteiger partial charge in [-0.25, -0.2) is 9.97 Å². The number of aromatic nitrogens is 3. The van der Waals surface area contributed by atoms with Crippen molar-refractivity contribution in [3.8, 4) is 16.8 Å². The SMILES string of the molecule is Cc1ccc(N2CCN(c3ncnc4c3c(-c3ccccc3)cn4-c3cccc(C)c3)CC2C)cc1. The quantitative estimate of drug-likeness (QED) is 0.302. The van der Waals surface area contributed by atoms with E-state index in [9.17, 15) is 0 Å². The van der Waals surface area contributed by atoms with Gasteiger partial charge < -0.3 is 14.4 Å². The minimum absolute atomic E-state index is 0.366. The van der Waals surface area contributed by atoms with E-state index < -0.39 is 0 Å². The Morgan fingerprint density at radius 3 is 2.33 bits per heavy atom. The summed E-state index contributed by atoms with van der Waals surface area (Å²) in [5, 5.41) is 1.11. The first kappa shape index (κ1) is 22.4. The average Bonchev–Trinajstić information content (AvgIpc) is 3.30. The van der Waals surface area contributed by atoms with Crippen molar-refractivity contribution in [1.82, 2.24) is 14.5 Å². The van der Waals surface area contributed by atoms with Crippen molar-refractivity contribution in [3.63, 3.8) is 0 Å². The van der Waals surface area contributed by atoms with Crippen LogP contribution in [0.4, 0.5) is 11.5 Å². The fourth-order valence-electron chi connectivity index (χ4n) is 5.37. The first-order valence-corrected chi connectivity index (χ1v) is 12.7. The molecule has 5 heteroatoms. The highest BCUT2D eigenvalue weighted by atomic mass is 15.3. The Bertz CT molecular complexity index is 1500. The number of nitrogens with zero attached hydrogens (tertiary/aromatic N) is 5. The van der Waals surface area contributed by atoms with Crippen LogP contribution >= 0.6 is 0 Å². The molecule has 1 aliphatic rings. The first-order chi connectivity index (χ1) is 17.6. The highest BCUT2D eigenvalue weighted by Crippen LogP contribution is 2.37. The summed E-state index contributed by atoms with van der Waals surface area (Å²) in [4.78, 5) is 14.6. The molecule has 1 aliphatic heterocycles. The smallest absolute Gasteiger partial charge is 0.150 e. The highest BCUT2D eigenvalue weighted by molar-refractivity contribution is 6.02. The predicted octanol–water partition coefficient (Wildman–Crippen LogP) is 6.42. The number of piperazine rings is 1. The van der Waals surface area contributed by atoms with Gasteiger partial charge in [0.2, 0.25) is 0 Å². The van der Waals surface area contributed by atoms with Crippen molar-refractivity contribution >= 4 is 22.5 Å². The molecule has 1 fully saturated rings. The molecule has 36 heavy (non-hydrogen) atoms. The Hall–Kier alpha value is -4.12. The molecule has 0 bridgehead atoms. The average molecular weight is 474 g/mol. The van der Waals surface area contributed by atoms with E-state index in [0.717, 1.165) is 47.7 Å². The summed E-state index contributed by atoms with van der Waals surface area (Å²) in [7, 11) is 0. The first-order valence-electron chi connectivity index (χ1n) is 12.7. The van der Waals surface area contributed by atoms with E-state index in [0.29, 0.717) is 6.04 Å². The molecular weight excluding hydrogens is 442 g/mol. The molecule has 1 saturated heterocycles. The van der Waals surface area contributed by atoms with Crippen molar-refractivity contribution in [3.05, 3.63) is 103 Å². The van der Waals surface area contributed by atoms with Gasteiger partial charge in [0.25, 0.3) is 0 Å². The summed E-state index contributed by atoms with van der Waals surface area (Å²) in [6, 6.07) is 28.4. The zero-order valence-electron chi connectivity index (χ0n) is 21.1. The Morgan fingerprint density at radius 2 is 1.58 bits per heavy atom. The standard InChI is InChI=1S/C31H31N5/c1-22-12-14-26(15-13-22)35-17-16-34(19-24(35)3)30-29-28(25-9-5-4-6-10-25)20-36(31(29)33-21-32-30)27-11-7-8-23(2)18-27/h4-15,18,20-21,24H,16-17,19H2,1-3H3. The van der Waals surface area contributed by atoms with E-state index in [1.807, 2.05) is 0 Å². The fourth-order valence-corrected chi connectivity index (χ4v) is 5.37. The lowest BCUT2D eigenvalue weighted by Gasteiger charge is -2.42. The van der Waals surface area contributed by atoms with E-state index in [-0.39, 0.29) is 0 Å². The van der Waals surface area contributed by atoms with Crippen molar-refractivity contribution in [2.75, 3.05) is 29.4 Å². The third-order valence-electron chi connectivity index (χ3n) is 7.22. The molecule has 3 aromatic carbocycles. The summed E-state index contributed by atoms with van der Waals surface area (Å²) in [5.74, 6) is 1.01. The molecule has 0 amide bonds. The number of anilines is 2. The second-order valence-corrected chi connectivity index (χ2v) is 9.84. The van der Waals surface area contributed by atoms with Crippen LogP contribution in [0.15, 0.2) is 91.4 Å². The van der Waals surface area contributed by atoms with Crippen LogP contribution in [0.5, 0.6) is 0 Å². The van der Waals surface area contributed by atoms with Crippen LogP contribution in [0.2, 0.25) is 0 Å². The lowest BCUT2D eigenvalue weighted by molar-refractivity contribution is 0.548. The van der Waals surface area contributed by atoms with Crippen molar-refractivity contribution in [2.45, 2.75) is 26.8 Å². The van der Waals surface area contributed by atoms with Gasteiger partial charge in [0, 0.05) is 48.8 Å². The highest BCUT2D eigenvalue weighted by Gasteiger charge is 2.28. The summed E-state index contributed by atoms with van der Waals surface area (Å²) in [5.41, 5.74) is 8.21. The summed E-state index contributed by atoms with van der Waals surface area (Å²) < 4.78 is 2.21. The maximum Gasteiger partial charge on any atom is 0.150 e. The number of rotatable bonds is 4. The lowest BCUT2D eigenvalue weighted by Crippen LogP contribution is -2.52. The monoisotopic (exact) mass is 473 g/mol. The van der Waals surface area contributed by atoms with Gasteiger partial charge in [-0.3, -0.25) is 0 Å². The number of fused-ring (bicyclic) bond motifs is 1. The minimum atomic E-state index is 0.366. The molecule has 0 N–H and O–H groups in total. The van der Waals surface area contributed by atoms with Crippen LogP contribution in [0.3, 0.4) is 0 Å². The third-order valence-corrected chi connectivity index (χ3v) is 7.22. The number of hydrogen-bond donors (Lipinski definition) is 0. The number of hydrogen-bond acceptors (Lipinski definition) is 4. The Labute approximate surface area is 212 Å². The molecule has 0 aliphatic carbocycles. The summed E-state index contributed by atoms with van der Waals surface area (Å²) in [6.45, 7) is 9.34. The lowest BCUT2D eigenvalue weighted by atomic mass is 10.1. The van der Waals surface area contributed by atoms with Crippen molar-refractivity contribution in [1.29, 1.82) is 0 Å². The predicted molar refractivity (Wildman–Crippen MR) is 149 cm³/mol. The fraction of sp³-hybridized carbons (Fsp3) is 0.226. The molecule has 0 radical (unpaired) electrons. The topological polar surface area (TPSA) is 37.2 Å². The van der Waals surface area contributed by atoms with E-state index in [1.54, 1.807) is 6.33 Å². The van der Waals surface area contributed by atoms with Crippen LogP contribution < -0.4 is 9.80 Å². The van der Waals surface area contributed by atoms with Gasteiger partial charge in [0.1, 0.15) is 12.1 Å². The third kappa shape index (κ3) is 4.01. The second kappa shape index (κ2) is 9.15.